The maximum absolute atomic E-state index is 10.5. The molecule has 0 saturated heterocycles. The van der Waals surface area contributed by atoms with E-state index in [1.165, 1.54) is 0 Å². The average Bonchev–Trinajstić information content (AvgIpc) is 2.19. The Morgan fingerprint density at radius 1 is 1.29 bits per heavy atom. The van der Waals surface area contributed by atoms with Crippen molar-refractivity contribution in [2.24, 2.45) is 0 Å². The Bertz CT molecular complexity index is 519. The lowest BCUT2D eigenvalue weighted by atomic mass is 10.2. The van der Waals surface area contributed by atoms with Crippen LogP contribution in [0.2, 0.25) is 5.02 Å². The number of rotatable bonds is 4. The summed E-state index contributed by atoms with van der Waals surface area (Å²) in [5, 5.41) is 20.4. The van der Waals surface area contributed by atoms with Gasteiger partial charge in [-0.15, -0.1) is 0 Å². The first-order valence-electron chi connectivity index (χ1n) is 3.74. The highest BCUT2D eigenvalue weighted by Crippen LogP contribution is 2.38. The highest BCUT2D eigenvalue weighted by atomic mass is 35.5. The number of nitrogens with zero attached hydrogens (tertiary/aromatic N) is 2. The van der Waals surface area contributed by atoms with Crippen molar-refractivity contribution >= 4 is 34.3 Å². The monoisotopic (exact) mass is 282 g/mol. The largest absolute Gasteiger partial charge is 0.378 e. The summed E-state index contributed by atoms with van der Waals surface area (Å²) >= 11 is 2.69. The maximum atomic E-state index is 10.5. The Kier molecular flexibility index (Phi) is 3.93. The highest BCUT2D eigenvalue weighted by molar-refractivity contribution is 7.74. The Morgan fingerprint density at radius 3 is 2.29 bits per heavy atom. The molecule has 0 saturated carbocycles. The van der Waals surface area contributed by atoms with Crippen molar-refractivity contribution in [2.45, 2.75) is 0 Å². The first kappa shape index (κ1) is 13.3. The molecule has 0 radical (unpaired) electrons. The van der Waals surface area contributed by atoms with Crippen LogP contribution in [-0.2, 0) is 11.4 Å². The summed E-state index contributed by atoms with van der Waals surface area (Å²) in [6.07, 6.45) is 0. The molecule has 1 aromatic carbocycles. The van der Waals surface area contributed by atoms with E-state index in [0.29, 0.717) is 12.1 Å². The molecule has 0 aliphatic heterocycles. The van der Waals surface area contributed by atoms with Gasteiger partial charge in [0.25, 0.3) is 11.4 Å². The lowest BCUT2D eigenvalue weighted by molar-refractivity contribution is -0.394. The average molecular weight is 283 g/mol. The van der Waals surface area contributed by atoms with Gasteiger partial charge in [0, 0.05) is 0 Å². The summed E-state index contributed by atoms with van der Waals surface area (Å²) in [6.45, 7) is 0. The number of benzene rings is 1. The predicted octanol–water partition coefficient (Wildman–Crippen LogP) is 1.67. The molecule has 0 aliphatic rings. The summed E-state index contributed by atoms with van der Waals surface area (Å²) in [4.78, 5) is 19.1. The molecule has 1 rings (SSSR count). The van der Waals surface area contributed by atoms with Crippen molar-refractivity contribution in [1.29, 1.82) is 0 Å². The molecule has 1 atom stereocenters. The normalized spacial score (nSPS) is 11.9. The van der Waals surface area contributed by atoms with Crippen LogP contribution in [0.15, 0.2) is 12.1 Å². The zero-order chi connectivity index (χ0) is 13.2. The van der Waals surface area contributed by atoms with Gasteiger partial charge in [-0.3, -0.25) is 24.8 Å². The van der Waals surface area contributed by atoms with E-state index in [1.54, 1.807) is 0 Å². The van der Waals surface area contributed by atoms with Crippen LogP contribution in [0.4, 0.5) is 11.4 Å². The lowest BCUT2D eigenvalue weighted by Crippen LogP contribution is -2.01. The standard InChI is InChI=1S/C6H3ClN2O7S/c7-6-4(9(12)13)1-3(8(10)11)2-5(6)16-17(14)15/h1-2H,(H,14,15). The Labute approximate surface area is 101 Å². The number of halogens is 1. The molecule has 0 spiro atoms. The molecule has 1 aromatic rings. The lowest BCUT2D eigenvalue weighted by Gasteiger charge is -2.03. The second-order valence-corrected chi connectivity index (χ2v) is 3.57. The van der Waals surface area contributed by atoms with Gasteiger partial charge >= 0.3 is 11.4 Å². The molecule has 92 valence electrons. The number of nitro benzene ring substituents is 2. The molecule has 17 heavy (non-hydrogen) atoms. The van der Waals surface area contributed by atoms with E-state index in [9.17, 15) is 24.4 Å². The first-order valence-corrected chi connectivity index (χ1v) is 5.15. The summed E-state index contributed by atoms with van der Waals surface area (Å²) < 4.78 is 23.0. The topological polar surface area (TPSA) is 133 Å². The van der Waals surface area contributed by atoms with E-state index >= 15 is 0 Å². The second-order valence-electron chi connectivity index (χ2n) is 2.59. The Balaban J connectivity index is 3.42. The predicted molar refractivity (Wildman–Crippen MR) is 56.2 cm³/mol. The third kappa shape index (κ3) is 3.09. The molecule has 9 nitrogen and oxygen atoms in total. The molecule has 11 heteroatoms. The van der Waals surface area contributed by atoms with E-state index in [-0.39, 0.29) is 0 Å². The van der Waals surface area contributed by atoms with Gasteiger partial charge in [0.1, 0.15) is 0 Å². The van der Waals surface area contributed by atoms with Crippen molar-refractivity contribution in [3.8, 4) is 5.75 Å². The smallest absolute Gasteiger partial charge is 0.357 e. The van der Waals surface area contributed by atoms with Gasteiger partial charge < -0.3 is 4.18 Å². The van der Waals surface area contributed by atoms with Crippen molar-refractivity contribution < 1.29 is 22.8 Å². The third-order valence-electron chi connectivity index (χ3n) is 1.57. The molecule has 1 N–H and O–H groups in total. The number of nitro groups is 2. The quantitative estimate of drug-likeness (QED) is 0.504. The van der Waals surface area contributed by atoms with Crippen LogP contribution in [0.3, 0.4) is 0 Å². The van der Waals surface area contributed by atoms with Crippen LogP contribution in [0.5, 0.6) is 5.75 Å². The van der Waals surface area contributed by atoms with Crippen molar-refractivity contribution in [1.82, 2.24) is 0 Å². The van der Waals surface area contributed by atoms with Crippen LogP contribution < -0.4 is 4.18 Å². The molecule has 0 aromatic heterocycles. The Hall–Kier alpha value is -1.78. The zero-order valence-corrected chi connectivity index (χ0v) is 9.30. The van der Waals surface area contributed by atoms with Crippen LogP contribution in [0.25, 0.3) is 0 Å². The van der Waals surface area contributed by atoms with Crippen LogP contribution in [0.1, 0.15) is 0 Å². The van der Waals surface area contributed by atoms with Crippen molar-refractivity contribution in [3.05, 3.63) is 37.4 Å². The number of hydrogen-bond acceptors (Lipinski definition) is 6. The SMILES string of the molecule is O=[N+]([O-])c1cc(OS(=O)O)c(Cl)c([N+](=O)[O-])c1. The second kappa shape index (κ2) is 5.03. The van der Waals surface area contributed by atoms with Gasteiger partial charge in [-0.25, -0.2) is 0 Å². The van der Waals surface area contributed by atoms with E-state index in [4.69, 9.17) is 16.2 Å². The molecule has 1 unspecified atom stereocenters. The summed E-state index contributed by atoms with van der Waals surface area (Å²) in [5.74, 6) is -0.617. The summed E-state index contributed by atoms with van der Waals surface area (Å²) in [6, 6.07) is 1.33. The van der Waals surface area contributed by atoms with E-state index < -0.39 is 43.4 Å². The van der Waals surface area contributed by atoms with Crippen LogP contribution in [-0.4, -0.2) is 18.6 Å². The van der Waals surface area contributed by atoms with E-state index in [2.05, 4.69) is 4.18 Å². The fourth-order valence-electron chi connectivity index (χ4n) is 0.945. The van der Waals surface area contributed by atoms with Gasteiger partial charge in [0.15, 0.2) is 10.8 Å². The van der Waals surface area contributed by atoms with Crippen LogP contribution >= 0.6 is 11.6 Å². The molecule has 0 heterocycles. The van der Waals surface area contributed by atoms with Gasteiger partial charge in [0.05, 0.1) is 22.0 Å². The minimum atomic E-state index is -2.80. The van der Waals surface area contributed by atoms with Gasteiger partial charge in [-0.1, -0.05) is 11.6 Å². The first-order chi connectivity index (χ1) is 7.82. The molecule has 0 aliphatic carbocycles. The minimum absolute atomic E-state index is 0.594. The zero-order valence-electron chi connectivity index (χ0n) is 7.73. The van der Waals surface area contributed by atoms with E-state index in [0.717, 1.165) is 0 Å². The third-order valence-corrected chi connectivity index (χ3v) is 2.28. The van der Waals surface area contributed by atoms with Gasteiger partial charge in [-0.05, 0) is 0 Å². The molecule has 0 bridgehead atoms. The van der Waals surface area contributed by atoms with Crippen molar-refractivity contribution in [2.75, 3.05) is 0 Å². The number of hydrogen-bond donors (Lipinski definition) is 1. The van der Waals surface area contributed by atoms with Gasteiger partial charge in [0.2, 0.25) is 0 Å². The van der Waals surface area contributed by atoms with Crippen LogP contribution in [0, 0.1) is 20.2 Å². The fourth-order valence-corrected chi connectivity index (χ4v) is 1.49. The summed E-state index contributed by atoms with van der Waals surface area (Å²) in [7, 11) is 0. The molecular formula is C6H3ClN2O7S. The number of non-ortho nitro benzene ring substituents is 1. The molecule has 0 fully saturated rings. The summed E-state index contributed by atoms with van der Waals surface area (Å²) in [5.41, 5.74) is -1.47. The highest BCUT2D eigenvalue weighted by Gasteiger charge is 2.24. The fraction of sp³-hybridized carbons (Fsp3) is 0. The molecular weight excluding hydrogens is 280 g/mol. The minimum Gasteiger partial charge on any atom is -0.378 e. The van der Waals surface area contributed by atoms with Gasteiger partial charge in [-0.2, -0.15) is 4.21 Å². The van der Waals surface area contributed by atoms with Crippen molar-refractivity contribution in [3.63, 3.8) is 0 Å². The van der Waals surface area contributed by atoms with E-state index in [1.807, 2.05) is 0 Å². The maximum Gasteiger partial charge on any atom is 0.357 e. The molecule has 0 amide bonds. The Morgan fingerprint density at radius 2 is 1.88 bits per heavy atom.